The number of hydrogen-bond donors (Lipinski definition) is 1. The quantitative estimate of drug-likeness (QED) is 0.849. The molecule has 0 spiro atoms. The van der Waals surface area contributed by atoms with Crippen LogP contribution in [0.15, 0.2) is 28.1 Å². The molecule has 0 amide bonds. The van der Waals surface area contributed by atoms with Crippen LogP contribution in [0.3, 0.4) is 0 Å². The van der Waals surface area contributed by atoms with Crippen molar-refractivity contribution in [2.75, 3.05) is 0 Å². The van der Waals surface area contributed by atoms with Crippen LogP contribution < -0.4 is 11.2 Å². The van der Waals surface area contributed by atoms with Crippen LogP contribution in [-0.2, 0) is 9.16 Å². The molecular formula is C17H28N2O4Si. The fourth-order valence-corrected chi connectivity index (χ4v) is 3.86. The Morgan fingerprint density at radius 2 is 1.92 bits per heavy atom. The Bertz CT molecular complexity index is 757. The zero-order chi connectivity index (χ0) is 18.4. The van der Waals surface area contributed by atoms with Gasteiger partial charge in [0.25, 0.3) is 5.56 Å². The van der Waals surface area contributed by atoms with Gasteiger partial charge in [-0.3, -0.25) is 14.3 Å². The maximum absolute atomic E-state index is 12.1. The topological polar surface area (TPSA) is 73.3 Å². The standard InChI is InChI=1S/C17H28N2O4Si/c1-10-9-19(16(21)18-14(10)20)15-11(2)13(12(3)22-15)23-24(7,8)17(4,5)6/h9,11,13,15H,3H2,1-2,4-8H3,(H,18,20,21). The van der Waals surface area contributed by atoms with E-state index in [9.17, 15) is 9.59 Å². The number of nitrogens with one attached hydrogen (secondary N) is 1. The largest absolute Gasteiger partial charge is 0.472 e. The number of H-pyrrole nitrogens is 1. The summed E-state index contributed by atoms with van der Waals surface area (Å²) in [5, 5.41) is 0.0660. The van der Waals surface area contributed by atoms with Crippen LogP contribution in [0.25, 0.3) is 0 Å². The van der Waals surface area contributed by atoms with Crippen LogP contribution in [0.1, 0.15) is 39.5 Å². The van der Waals surface area contributed by atoms with Crippen molar-refractivity contribution < 1.29 is 9.16 Å². The third-order valence-corrected chi connectivity index (χ3v) is 9.62. The minimum Gasteiger partial charge on any atom is -0.472 e. The fraction of sp³-hybridized carbons (Fsp3) is 0.647. The van der Waals surface area contributed by atoms with E-state index in [4.69, 9.17) is 9.16 Å². The normalized spacial score (nSPS) is 25.0. The van der Waals surface area contributed by atoms with Crippen molar-refractivity contribution in [3.05, 3.63) is 44.9 Å². The van der Waals surface area contributed by atoms with Gasteiger partial charge in [-0.2, -0.15) is 0 Å². The Balaban J connectivity index is 2.33. The summed E-state index contributed by atoms with van der Waals surface area (Å²) in [4.78, 5) is 26.0. The molecule has 0 aliphatic carbocycles. The Hall–Kier alpha value is -1.60. The molecular weight excluding hydrogens is 324 g/mol. The third kappa shape index (κ3) is 3.28. The minimum absolute atomic E-state index is 0.0660. The first-order chi connectivity index (χ1) is 10.8. The molecule has 0 saturated carbocycles. The van der Waals surface area contributed by atoms with Crippen LogP contribution in [0.4, 0.5) is 0 Å². The van der Waals surface area contributed by atoms with E-state index in [1.54, 1.807) is 6.92 Å². The fourth-order valence-electron chi connectivity index (χ4n) is 2.52. The van der Waals surface area contributed by atoms with E-state index in [2.05, 4.69) is 45.4 Å². The van der Waals surface area contributed by atoms with Crippen molar-refractivity contribution in [2.24, 2.45) is 5.92 Å². The first kappa shape index (κ1) is 18.7. The lowest BCUT2D eigenvalue weighted by atomic mass is 10.1. The Kier molecular flexibility index (Phi) is 4.71. The highest BCUT2D eigenvalue weighted by Gasteiger charge is 2.46. The molecule has 6 nitrogen and oxygen atoms in total. The Morgan fingerprint density at radius 3 is 2.46 bits per heavy atom. The highest BCUT2D eigenvalue weighted by molar-refractivity contribution is 6.74. The Labute approximate surface area is 143 Å². The summed E-state index contributed by atoms with van der Waals surface area (Å²) in [5.74, 6) is 0.447. The van der Waals surface area contributed by atoms with Crippen molar-refractivity contribution in [3.8, 4) is 0 Å². The average molecular weight is 353 g/mol. The summed E-state index contributed by atoms with van der Waals surface area (Å²) in [7, 11) is -2.00. The monoisotopic (exact) mass is 352 g/mol. The van der Waals surface area contributed by atoms with Crippen LogP contribution in [0.5, 0.6) is 0 Å². The highest BCUT2D eigenvalue weighted by Crippen LogP contribution is 2.43. The molecule has 1 aromatic heterocycles. The van der Waals surface area contributed by atoms with Gasteiger partial charge in [0, 0.05) is 17.7 Å². The van der Waals surface area contributed by atoms with Gasteiger partial charge in [-0.15, -0.1) is 0 Å². The van der Waals surface area contributed by atoms with Crippen molar-refractivity contribution in [1.29, 1.82) is 0 Å². The third-order valence-electron chi connectivity index (χ3n) is 5.16. The van der Waals surface area contributed by atoms with Gasteiger partial charge < -0.3 is 9.16 Å². The second-order valence-corrected chi connectivity index (χ2v) is 12.9. The zero-order valence-electron chi connectivity index (χ0n) is 15.6. The number of aromatic amines is 1. The van der Waals surface area contributed by atoms with E-state index in [0.29, 0.717) is 11.3 Å². The molecule has 0 aromatic carbocycles. The highest BCUT2D eigenvalue weighted by atomic mass is 28.4. The van der Waals surface area contributed by atoms with Crippen molar-refractivity contribution in [2.45, 2.75) is 65.1 Å². The van der Waals surface area contributed by atoms with Gasteiger partial charge in [-0.1, -0.05) is 34.3 Å². The number of hydrogen-bond acceptors (Lipinski definition) is 4. The lowest BCUT2D eigenvalue weighted by molar-refractivity contribution is 0.0632. The van der Waals surface area contributed by atoms with E-state index in [1.807, 2.05) is 6.92 Å². The predicted octanol–water partition coefficient (Wildman–Crippen LogP) is 2.91. The number of nitrogens with zero attached hydrogens (tertiary/aromatic N) is 1. The van der Waals surface area contributed by atoms with Gasteiger partial charge >= 0.3 is 5.69 Å². The molecule has 0 radical (unpaired) electrons. The predicted molar refractivity (Wildman–Crippen MR) is 96.6 cm³/mol. The van der Waals surface area contributed by atoms with Crippen molar-refractivity contribution >= 4 is 8.32 Å². The van der Waals surface area contributed by atoms with Gasteiger partial charge in [0.1, 0.15) is 11.9 Å². The molecule has 7 heteroatoms. The molecule has 3 atom stereocenters. The maximum Gasteiger partial charge on any atom is 0.331 e. The number of ether oxygens (including phenoxy) is 1. The van der Waals surface area contributed by atoms with Crippen molar-refractivity contribution in [1.82, 2.24) is 9.55 Å². The first-order valence-electron chi connectivity index (χ1n) is 8.20. The van der Waals surface area contributed by atoms with Gasteiger partial charge in [-0.25, -0.2) is 4.79 Å². The second-order valence-electron chi connectivity index (χ2n) is 8.11. The maximum atomic E-state index is 12.1. The molecule has 2 rings (SSSR count). The molecule has 1 aliphatic rings. The molecule has 1 saturated heterocycles. The molecule has 1 N–H and O–H groups in total. The molecule has 1 aliphatic heterocycles. The summed E-state index contributed by atoms with van der Waals surface area (Å²) in [6.45, 7) is 18.5. The van der Waals surface area contributed by atoms with Gasteiger partial charge in [-0.05, 0) is 25.1 Å². The second kappa shape index (κ2) is 6.04. The van der Waals surface area contributed by atoms with E-state index >= 15 is 0 Å². The summed E-state index contributed by atoms with van der Waals surface area (Å²) >= 11 is 0. The SMILES string of the molecule is C=C1OC(n2cc(C)c(=O)[nH]c2=O)C(C)C1O[Si](C)(C)C(C)(C)C. The van der Waals surface area contributed by atoms with E-state index in [0.717, 1.165) is 0 Å². The summed E-state index contributed by atoms with van der Waals surface area (Å²) in [6.07, 6.45) is 0.731. The van der Waals surface area contributed by atoms with Crippen LogP contribution >= 0.6 is 0 Å². The van der Waals surface area contributed by atoms with E-state index < -0.39 is 20.2 Å². The van der Waals surface area contributed by atoms with Crippen LogP contribution in [0, 0.1) is 12.8 Å². The summed E-state index contributed by atoms with van der Waals surface area (Å²) in [6, 6.07) is 0. The van der Waals surface area contributed by atoms with E-state index in [1.165, 1.54) is 10.8 Å². The smallest absolute Gasteiger partial charge is 0.331 e. The Morgan fingerprint density at radius 1 is 1.33 bits per heavy atom. The van der Waals surface area contributed by atoms with Crippen LogP contribution in [-0.4, -0.2) is 24.0 Å². The number of rotatable bonds is 3. The number of aryl methyl sites for hydroxylation is 1. The number of aromatic nitrogens is 2. The lowest BCUT2D eigenvalue weighted by Crippen LogP contribution is -2.45. The minimum atomic E-state index is -2.00. The summed E-state index contributed by atoms with van der Waals surface area (Å²) in [5.41, 5.74) is -0.400. The molecule has 3 unspecified atom stereocenters. The van der Waals surface area contributed by atoms with Gasteiger partial charge in [0.15, 0.2) is 14.5 Å². The molecule has 24 heavy (non-hydrogen) atoms. The zero-order valence-corrected chi connectivity index (χ0v) is 16.6. The van der Waals surface area contributed by atoms with Crippen LogP contribution in [0.2, 0.25) is 18.1 Å². The summed E-state index contributed by atoms with van der Waals surface area (Å²) < 4.78 is 13.7. The molecule has 1 fully saturated rings. The van der Waals surface area contributed by atoms with E-state index in [-0.39, 0.29) is 22.6 Å². The lowest BCUT2D eigenvalue weighted by Gasteiger charge is -2.39. The average Bonchev–Trinajstić information content (AvgIpc) is 2.69. The molecule has 134 valence electrons. The molecule has 1 aromatic rings. The van der Waals surface area contributed by atoms with Gasteiger partial charge in [0.05, 0.1) is 0 Å². The molecule has 0 bridgehead atoms. The van der Waals surface area contributed by atoms with Crippen molar-refractivity contribution in [3.63, 3.8) is 0 Å². The van der Waals surface area contributed by atoms with Gasteiger partial charge in [0.2, 0.25) is 0 Å². The molecule has 2 heterocycles. The first-order valence-corrected chi connectivity index (χ1v) is 11.1.